The van der Waals surface area contributed by atoms with Gasteiger partial charge in [-0.2, -0.15) is 0 Å². The lowest BCUT2D eigenvalue weighted by atomic mass is 10.2. The maximum atomic E-state index is 12.2. The average molecular weight is 384 g/mol. The van der Waals surface area contributed by atoms with Gasteiger partial charge >= 0.3 is 5.97 Å². The molecule has 0 aliphatic rings. The minimum absolute atomic E-state index is 0.181. The lowest BCUT2D eigenvalue weighted by Gasteiger charge is -2.18. The molecule has 2 atom stereocenters. The molecule has 0 radical (unpaired) electrons. The second kappa shape index (κ2) is 9.55. The molecule has 2 rings (SSSR count). The summed E-state index contributed by atoms with van der Waals surface area (Å²) in [5.41, 5.74) is 2.15. The highest BCUT2D eigenvalue weighted by Crippen LogP contribution is 2.16. The van der Waals surface area contributed by atoms with Gasteiger partial charge in [-0.3, -0.25) is 9.59 Å². The number of ether oxygens (including phenoxy) is 2. The third-order valence-electron chi connectivity index (χ3n) is 3.77. The van der Waals surface area contributed by atoms with E-state index in [0.29, 0.717) is 17.1 Å². The number of benzene rings is 2. The third-order valence-corrected chi connectivity index (χ3v) is 3.77. The number of rotatable bonds is 7. The number of amides is 2. The van der Waals surface area contributed by atoms with E-state index in [-0.39, 0.29) is 5.91 Å². The Hall–Kier alpha value is -3.35. The highest BCUT2D eigenvalue weighted by atomic mass is 16.6. The Morgan fingerprint density at radius 2 is 1.50 bits per heavy atom. The van der Waals surface area contributed by atoms with Crippen molar-refractivity contribution < 1.29 is 23.9 Å². The molecule has 0 fully saturated rings. The van der Waals surface area contributed by atoms with Crippen LogP contribution in [0.25, 0.3) is 0 Å². The van der Waals surface area contributed by atoms with E-state index in [4.69, 9.17) is 9.47 Å². The summed E-state index contributed by atoms with van der Waals surface area (Å²) in [7, 11) is 0. The molecule has 28 heavy (non-hydrogen) atoms. The van der Waals surface area contributed by atoms with Crippen LogP contribution in [0.5, 0.6) is 5.75 Å². The minimum Gasteiger partial charge on any atom is -0.479 e. The molecular formula is C21H24N2O5. The van der Waals surface area contributed by atoms with Crippen molar-refractivity contribution in [1.82, 2.24) is 0 Å². The summed E-state index contributed by atoms with van der Waals surface area (Å²) < 4.78 is 10.8. The molecule has 148 valence electrons. The molecule has 7 nitrogen and oxygen atoms in total. The molecule has 0 aliphatic heterocycles. The van der Waals surface area contributed by atoms with Crippen LogP contribution in [-0.4, -0.2) is 30.0 Å². The highest BCUT2D eigenvalue weighted by Gasteiger charge is 2.23. The molecule has 0 aromatic heterocycles. The van der Waals surface area contributed by atoms with Crippen molar-refractivity contribution >= 4 is 29.2 Å². The zero-order valence-corrected chi connectivity index (χ0v) is 16.3. The molecular weight excluding hydrogens is 360 g/mol. The van der Waals surface area contributed by atoms with Gasteiger partial charge in [-0.05, 0) is 62.7 Å². The van der Waals surface area contributed by atoms with E-state index in [1.807, 2.05) is 25.1 Å². The quantitative estimate of drug-likeness (QED) is 0.715. The molecule has 0 heterocycles. The first-order valence-corrected chi connectivity index (χ1v) is 8.87. The molecule has 2 N–H and O–H groups in total. The number of anilines is 2. The van der Waals surface area contributed by atoms with Crippen LogP contribution in [-0.2, 0) is 19.1 Å². The first-order chi connectivity index (χ1) is 13.2. The Bertz CT molecular complexity index is 848. The molecule has 0 unspecified atom stereocenters. The van der Waals surface area contributed by atoms with Gasteiger partial charge in [-0.25, -0.2) is 4.79 Å². The molecule has 2 amide bonds. The van der Waals surface area contributed by atoms with Gasteiger partial charge in [-0.15, -0.1) is 0 Å². The second-order valence-electron chi connectivity index (χ2n) is 6.40. The van der Waals surface area contributed by atoms with Gasteiger partial charge in [0, 0.05) is 18.3 Å². The van der Waals surface area contributed by atoms with E-state index in [0.717, 1.165) is 5.56 Å². The molecule has 7 heteroatoms. The highest BCUT2D eigenvalue weighted by molar-refractivity contribution is 5.95. The van der Waals surface area contributed by atoms with Gasteiger partial charge in [0.05, 0.1) is 0 Å². The van der Waals surface area contributed by atoms with Crippen LogP contribution in [0, 0.1) is 6.92 Å². The molecule has 0 bridgehead atoms. The summed E-state index contributed by atoms with van der Waals surface area (Å²) in [5, 5.41) is 5.29. The van der Waals surface area contributed by atoms with Gasteiger partial charge in [0.2, 0.25) is 5.91 Å². The standard InChI is InChI=1S/C21H24N2O5/c1-13-6-5-7-19(12-13)27-15(3)21(26)28-14(2)20(25)23-18-10-8-17(9-11-18)22-16(4)24/h5-12,14-15H,1-4H3,(H,22,24)(H,23,25)/t14-,15-/m1/s1. The topological polar surface area (TPSA) is 93.7 Å². The minimum atomic E-state index is -0.994. The Labute approximate surface area is 164 Å². The first kappa shape index (κ1) is 21.0. The van der Waals surface area contributed by atoms with Crippen LogP contribution in [0.1, 0.15) is 26.3 Å². The monoisotopic (exact) mass is 384 g/mol. The molecule has 0 spiro atoms. The zero-order chi connectivity index (χ0) is 20.7. The lowest BCUT2D eigenvalue weighted by molar-refractivity contribution is -0.159. The van der Waals surface area contributed by atoms with Crippen molar-refractivity contribution in [3.8, 4) is 5.75 Å². The predicted molar refractivity (Wildman–Crippen MR) is 106 cm³/mol. The Morgan fingerprint density at radius 1 is 0.893 bits per heavy atom. The molecule has 0 saturated carbocycles. The summed E-state index contributed by atoms with van der Waals surface area (Å²) >= 11 is 0. The van der Waals surface area contributed by atoms with Crippen LogP contribution < -0.4 is 15.4 Å². The summed E-state index contributed by atoms with van der Waals surface area (Å²) in [6.45, 7) is 6.38. The fourth-order valence-corrected chi connectivity index (χ4v) is 2.35. The van der Waals surface area contributed by atoms with Crippen molar-refractivity contribution in [2.45, 2.75) is 39.9 Å². The van der Waals surface area contributed by atoms with Crippen LogP contribution in [0.3, 0.4) is 0 Å². The number of aryl methyl sites for hydroxylation is 1. The number of carbonyl (C=O) groups excluding carboxylic acids is 3. The Kier molecular flexibility index (Phi) is 7.14. The second-order valence-corrected chi connectivity index (χ2v) is 6.40. The number of hydrogen-bond donors (Lipinski definition) is 2. The van der Waals surface area contributed by atoms with Crippen molar-refractivity contribution in [2.24, 2.45) is 0 Å². The summed E-state index contributed by atoms with van der Waals surface area (Å²) in [6.07, 6.45) is -1.85. The van der Waals surface area contributed by atoms with Crippen LogP contribution in [0.4, 0.5) is 11.4 Å². The van der Waals surface area contributed by atoms with Gasteiger partial charge in [0.15, 0.2) is 12.2 Å². The Morgan fingerprint density at radius 3 is 2.07 bits per heavy atom. The fraction of sp³-hybridized carbons (Fsp3) is 0.286. The van der Waals surface area contributed by atoms with Crippen molar-refractivity contribution in [3.63, 3.8) is 0 Å². The van der Waals surface area contributed by atoms with Gasteiger partial charge in [0.1, 0.15) is 5.75 Å². The largest absolute Gasteiger partial charge is 0.479 e. The van der Waals surface area contributed by atoms with E-state index in [1.165, 1.54) is 13.8 Å². The average Bonchev–Trinajstić information content (AvgIpc) is 2.62. The third kappa shape index (κ3) is 6.42. The van der Waals surface area contributed by atoms with Gasteiger partial charge in [0.25, 0.3) is 5.91 Å². The normalized spacial score (nSPS) is 12.4. The number of esters is 1. The van der Waals surface area contributed by atoms with Gasteiger partial charge in [-0.1, -0.05) is 12.1 Å². The molecule has 0 aliphatic carbocycles. The number of nitrogens with one attached hydrogen (secondary N) is 2. The maximum absolute atomic E-state index is 12.2. The molecule has 2 aromatic rings. The van der Waals surface area contributed by atoms with Crippen molar-refractivity contribution in [2.75, 3.05) is 10.6 Å². The number of carbonyl (C=O) groups is 3. The van der Waals surface area contributed by atoms with E-state index < -0.39 is 24.1 Å². The van der Waals surface area contributed by atoms with E-state index in [9.17, 15) is 14.4 Å². The zero-order valence-electron chi connectivity index (χ0n) is 16.3. The maximum Gasteiger partial charge on any atom is 0.347 e. The van der Waals surface area contributed by atoms with E-state index in [2.05, 4.69) is 10.6 Å². The summed E-state index contributed by atoms with van der Waals surface area (Å²) in [4.78, 5) is 35.4. The van der Waals surface area contributed by atoms with Crippen LogP contribution in [0.15, 0.2) is 48.5 Å². The van der Waals surface area contributed by atoms with Crippen molar-refractivity contribution in [3.05, 3.63) is 54.1 Å². The summed E-state index contributed by atoms with van der Waals surface area (Å²) in [6, 6.07) is 13.9. The van der Waals surface area contributed by atoms with E-state index >= 15 is 0 Å². The smallest absolute Gasteiger partial charge is 0.347 e. The van der Waals surface area contributed by atoms with Crippen LogP contribution in [0.2, 0.25) is 0 Å². The van der Waals surface area contributed by atoms with Crippen LogP contribution >= 0.6 is 0 Å². The van der Waals surface area contributed by atoms with Gasteiger partial charge < -0.3 is 20.1 Å². The van der Waals surface area contributed by atoms with Crippen molar-refractivity contribution in [1.29, 1.82) is 0 Å². The SMILES string of the molecule is CC(=O)Nc1ccc(NC(=O)[C@@H](C)OC(=O)[C@@H](C)Oc2cccc(C)c2)cc1. The summed E-state index contributed by atoms with van der Waals surface area (Å²) in [5.74, 6) is -0.728. The molecule has 2 aromatic carbocycles. The van der Waals surface area contributed by atoms with E-state index in [1.54, 1.807) is 37.3 Å². The fourth-order valence-electron chi connectivity index (χ4n) is 2.35. The molecule has 0 saturated heterocycles. The predicted octanol–water partition coefficient (Wildman–Crippen LogP) is 3.29. The number of hydrogen-bond acceptors (Lipinski definition) is 5. The lowest BCUT2D eigenvalue weighted by Crippen LogP contribution is -2.35. The Balaban J connectivity index is 1.86. The first-order valence-electron chi connectivity index (χ1n) is 8.87.